The number of ether oxygens (including phenoxy) is 2. The normalized spacial score (nSPS) is 17.5. The number of carbonyl (C=O) groups excluding carboxylic acids is 2. The summed E-state index contributed by atoms with van der Waals surface area (Å²) in [7, 11) is 1.48. The van der Waals surface area contributed by atoms with E-state index in [1.807, 2.05) is 0 Å². The first-order chi connectivity index (χ1) is 16.6. The number of methoxy groups -OCH3 is 1. The zero-order valence-electron chi connectivity index (χ0n) is 18.5. The number of carbonyl (C=O) groups is 2. The standard InChI is InChI=1S/C25H19F3N2O5/c1-14-11-17(34-2)8-9-19(14)22(31)20-21(15-5-4-10-29-13-15)30(24(33)23(20)32)16-6-3-7-18(12-16)35-25(26,27)28/h3-13,21,31H,1-2H3/b22-20-. The number of ketones is 1. The summed E-state index contributed by atoms with van der Waals surface area (Å²) in [5.74, 6) is -2.47. The van der Waals surface area contributed by atoms with E-state index in [0.29, 0.717) is 22.4 Å². The summed E-state index contributed by atoms with van der Waals surface area (Å²) in [4.78, 5) is 31.4. The molecule has 180 valence electrons. The molecule has 1 atom stereocenters. The number of hydrogen-bond acceptors (Lipinski definition) is 6. The molecule has 2 heterocycles. The Hall–Kier alpha value is -4.34. The number of hydrogen-bond donors (Lipinski definition) is 1. The van der Waals surface area contributed by atoms with Gasteiger partial charge >= 0.3 is 6.36 Å². The van der Waals surface area contributed by atoms with Crippen LogP contribution in [-0.4, -0.2) is 35.3 Å². The van der Waals surface area contributed by atoms with Crippen LogP contribution in [0.3, 0.4) is 0 Å². The lowest BCUT2D eigenvalue weighted by atomic mass is 9.94. The lowest BCUT2D eigenvalue weighted by Gasteiger charge is -2.25. The Bertz CT molecular complexity index is 1320. The molecular formula is C25H19F3N2O5. The Morgan fingerprint density at radius 1 is 1.06 bits per heavy atom. The van der Waals surface area contributed by atoms with Crippen LogP contribution in [0, 0.1) is 6.92 Å². The minimum Gasteiger partial charge on any atom is -0.507 e. The van der Waals surface area contributed by atoms with Gasteiger partial charge in [0.1, 0.15) is 17.3 Å². The number of alkyl halides is 3. The second kappa shape index (κ2) is 9.13. The molecule has 2 aromatic carbocycles. The van der Waals surface area contributed by atoms with E-state index in [9.17, 15) is 27.9 Å². The SMILES string of the molecule is COc1ccc(/C(O)=C2/C(=O)C(=O)N(c3cccc(OC(F)(F)F)c3)C2c2cccnc2)c(C)c1. The summed E-state index contributed by atoms with van der Waals surface area (Å²) in [6.45, 7) is 1.70. The molecule has 1 saturated heterocycles. The van der Waals surface area contributed by atoms with Gasteiger partial charge in [0, 0.05) is 29.7 Å². The quantitative estimate of drug-likeness (QED) is 0.314. The number of rotatable bonds is 5. The molecule has 1 N–H and O–H groups in total. The van der Waals surface area contributed by atoms with Gasteiger partial charge in [0.2, 0.25) is 0 Å². The molecule has 10 heteroatoms. The molecule has 1 amide bonds. The monoisotopic (exact) mass is 484 g/mol. The Morgan fingerprint density at radius 3 is 2.46 bits per heavy atom. The van der Waals surface area contributed by atoms with Gasteiger partial charge in [-0.15, -0.1) is 13.2 Å². The van der Waals surface area contributed by atoms with E-state index in [4.69, 9.17) is 4.74 Å². The van der Waals surface area contributed by atoms with Crippen molar-refractivity contribution < 1.29 is 37.3 Å². The largest absolute Gasteiger partial charge is 0.573 e. The first-order valence-corrected chi connectivity index (χ1v) is 10.3. The maximum absolute atomic E-state index is 13.2. The predicted molar refractivity (Wildman–Crippen MR) is 120 cm³/mol. The Balaban J connectivity index is 1.90. The van der Waals surface area contributed by atoms with Crippen molar-refractivity contribution >= 4 is 23.1 Å². The Labute approximate surface area is 198 Å². The first-order valence-electron chi connectivity index (χ1n) is 10.3. The topological polar surface area (TPSA) is 89.0 Å². The number of Topliss-reactive ketones (excluding diaryl/α,β-unsaturated/α-hetero) is 1. The molecule has 0 radical (unpaired) electrons. The first kappa shape index (κ1) is 23.8. The van der Waals surface area contributed by atoms with Crippen LogP contribution < -0.4 is 14.4 Å². The Morgan fingerprint density at radius 2 is 1.83 bits per heavy atom. The van der Waals surface area contributed by atoms with Crippen LogP contribution in [0.5, 0.6) is 11.5 Å². The molecule has 1 aromatic heterocycles. The summed E-state index contributed by atoms with van der Waals surface area (Å²) >= 11 is 0. The molecule has 0 bridgehead atoms. The van der Waals surface area contributed by atoms with Crippen LogP contribution in [0.15, 0.2) is 72.6 Å². The van der Waals surface area contributed by atoms with Crippen LogP contribution in [0.4, 0.5) is 18.9 Å². The van der Waals surface area contributed by atoms with Crippen LogP contribution in [0.1, 0.15) is 22.7 Å². The van der Waals surface area contributed by atoms with Crippen molar-refractivity contribution in [3.8, 4) is 11.5 Å². The number of benzene rings is 2. The predicted octanol–water partition coefficient (Wildman–Crippen LogP) is 4.92. The molecule has 4 rings (SSSR count). The van der Waals surface area contributed by atoms with Crippen molar-refractivity contribution in [2.24, 2.45) is 0 Å². The number of amides is 1. The molecule has 1 fully saturated rings. The van der Waals surface area contributed by atoms with Crippen molar-refractivity contribution in [3.63, 3.8) is 0 Å². The van der Waals surface area contributed by atoms with Crippen molar-refractivity contribution in [1.82, 2.24) is 4.98 Å². The van der Waals surface area contributed by atoms with E-state index in [-0.39, 0.29) is 11.3 Å². The summed E-state index contributed by atoms with van der Waals surface area (Å²) in [6.07, 6.45) is -2.05. The lowest BCUT2D eigenvalue weighted by Crippen LogP contribution is -2.29. The van der Waals surface area contributed by atoms with Gasteiger partial charge in [-0.1, -0.05) is 12.1 Å². The minimum absolute atomic E-state index is 0.0202. The number of aryl methyl sites for hydroxylation is 1. The molecular weight excluding hydrogens is 465 g/mol. The van der Waals surface area contributed by atoms with E-state index >= 15 is 0 Å². The third kappa shape index (κ3) is 4.68. The van der Waals surface area contributed by atoms with Crippen LogP contribution in [0.2, 0.25) is 0 Å². The van der Waals surface area contributed by atoms with Crippen molar-refractivity contribution in [2.45, 2.75) is 19.3 Å². The number of pyridine rings is 1. The molecule has 35 heavy (non-hydrogen) atoms. The number of aromatic nitrogens is 1. The fourth-order valence-electron chi connectivity index (χ4n) is 3.96. The van der Waals surface area contributed by atoms with Gasteiger partial charge < -0.3 is 14.6 Å². The highest BCUT2D eigenvalue weighted by Gasteiger charge is 2.47. The molecule has 1 unspecified atom stereocenters. The van der Waals surface area contributed by atoms with Crippen LogP contribution >= 0.6 is 0 Å². The third-order valence-electron chi connectivity index (χ3n) is 5.46. The lowest BCUT2D eigenvalue weighted by molar-refractivity contribution is -0.274. The number of halogens is 3. The fraction of sp³-hybridized carbons (Fsp3) is 0.160. The van der Waals surface area contributed by atoms with Crippen LogP contribution in [0.25, 0.3) is 5.76 Å². The number of anilines is 1. The van der Waals surface area contributed by atoms with E-state index in [1.54, 1.807) is 37.3 Å². The van der Waals surface area contributed by atoms with Gasteiger partial charge in [0.15, 0.2) is 0 Å². The zero-order valence-corrected chi connectivity index (χ0v) is 18.5. The average Bonchev–Trinajstić information content (AvgIpc) is 3.08. The maximum atomic E-state index is 13.2. The molecule has 0 aliphatic carbocycles. The van der Waals surface area contributed by atoms with Gasteiger partial charge in [-0.25, -0.2) is 0 Å². The van der Waals surface area contributed by atoms with Gasteiger partial charge in [0.05, 0.1) is 18.7 Å². The van der Waals surface area contributed by atoms with E-state index in [1.165, 1.54) is 31.6 Å². The third-order valence-corrected chi connectivity index (χ3v) is 5.46. The molecule has 3 aromatic rings. The smallest absolute Gasteiger partial charge is 0.507 e. The molecule has 1 aliphatic rings. The highest BCUT2D eigenvalue weighted by Crippen LogP contribution is 2.43. The van der Waals surface area contributed by atoms with Gasteiger partial charge in [-0.05, 0) is 54.4 Å². The zero-order chi connectivity index (χ0) is 25.3. The average molecular weight is 484 g/mol. The second-order valence-corrected chi connectivity index (χ2v) is 7.68. The van der Waals surface area contributed by atoms with E-state index in [0.717, 1.165) is 17.0 Å². The molecule has 7 nitrogen and oxygen atoms in total. The van der Waals surface area contributed by atoms with Gasteiger partial charge in [-0.3, -0.25) is 19.5 Å². The number of aliphatic hydroxyl groups excluding tert-OH is 1. The van der Waals surface area contributed by atoms with Gasteiger partial charge in [0.25, 0.3) is 11.7 Å². The Kier molecular flexibility index (Phi) is 6.21. The summed E-state index contributed by atoms with van der Waals surface area (Å²) in [6, 6.07) is 11.5. The maximum Gasteiger partial charge on any atom is 0.573 e. The summed E-state index contributed by atoms with van der Waals surface area (Å²) in [5, 5.41) is 11.2. The highest BCUT2D eigenvalue weighted by molar-refractivity contribution is 6.51. The second-order valence-electron chi connectivity index (χ2n) is 7.68. The highest BCUT2D eigenvalue weighted by atomic mass is 19.4. The minimum atomic E-state index is -4.94. The van der Waals surface area contributed by atoms with E-state index in [2.05, 4.69) is 9.72 Å². The number of nitrogens with zero attached hydrogens (tertiary/aromatic N) is 2. The summed E-state index contributed by atoms with van der Waals surface area (Å²) < 4.78 is 47.4. The van der Waals surface area contributed by atoms with Crippen molar-refractivity contribution in [3.05, 3.63) is 89.3 Å². The van der Waals surface area contributed by atoms with E-state index < -0.39 is 35.6 Å². The van der Waals surface area contributed by atoms with Gasteiger partial charge in [-0.2, -0.15) is 0 Å². The molecule has 0 spiro atoms. The van der Waals surface area contributed by atoms with Crippen molar-refractivity contribution in [2.75, 3.05) is 12.0 Å². The molecule has 1 aliphatic heterocycles. The van der Waals surface area contributed by atoms with Crippen molar-refractivity contribution in [1.29, 1.82) is 0 Å². The van der Waals surface area contributed by atoms with Crippen LogP contribution in [-0.2, 0) is 9.59 Å². The molecule has 0 saturated carbocycles. The number of aliphatic hydroxyl groups is 1. The fourth-order valence-corrected chi connectivity index (χ4v) is 3.96. The summed E-state index contributed by atoms with van der Waals surface area (Å²) in [5.41, 5.74) is 1.01.